The zero-order valence-corrected chi connectivity index (χ0v) is 10.3. The van der Waals surface area contributed by atoms with Gasteiger partial charge in [0.05, 0.1) is 12.7 Å². The Morgan fingerprint density at radius 3 is 2.88 bits per heavy atom. The normalized spacial score (nSPS) is 24.8. The quantitative estimate of drug-likeness (QED) is 0.816. The van der Waals surface area contributed by atoms with Crippen LogP contribution in [-0.2, 0) is 11.3 Å². The van der Waals surface area contributed by atoms with Gasteiger partial charge in [-0.15, -0.1) is 0 Å². The van der Waals surface area contributed by atoms with Gasteiger partial charge in [-0.2, -0.15) is 0 Å². The van der Waals surface area contributed by atoms with E-state index in [1.165, 1.54) is 31.4 Å². The smallest absolute Gasteiger partial charge is 0.123 e. The highest BCUT2D eigenvalue weighted by atomic mass is 19.1. The minimum absolute atomic E-state index is 0.255. The van der Waals surface area contributed by atoms with E-state index in [9.17, 15) is 4.39 Å². The number of hydrogen-bond acceptors (Lipinski definition) is 2. The Morgan fingerprint density at radius 2 is 2.12 bits per heavy atom. The second-order valence-electron chi connectivity index (χ2n) is 4.95. The molecule has 94 valence electrons. The van der Waals surface area contributed by atoms with Gasteiger partial charge in [0.2, 0.25) is 0 Å². The molecule has 2 atom stereocenters. The Kier molecular flexibility index (Phi) is 4.00. The number of halogens is 1. The largest absolute Gasteiger partial charge is 0.398 e. The van der Waals surface area contributed by atoms with Crippen LogP contribution in [-0.4, -0.2) is 6.10 Å². The number of rotatable bonds is 3. The summed E-state index contributed by atoms with van der Waals surface area (Å²) in [4.78, 5) is 0. The molecule has 2 nitrogen and oxygen atoms in total. The van der Waals surface area contributed by atoms with Gasteiger partial charge in [0.1, 0.15) is 5.82 Å². The minimum Gasteiger partial charge on any atom is -0.398 e. The topological polar surface area (TPSA) is 35.2 Å². The van der Waals surface area contributed by atoms with E-state index in [0.717, 1.165) is 12.0 Å². The van der Waals surface area contributed by atoms with Crippen molar-refractivity contribution in [3.63, 3.8) is 0 Å². The third-order valence-electron chi connectivity index (χ3n) is 3.59. The van der Waals surface area contributed by atoms with E-state index in [0.29, 0.717) is 24.3 Å². The van der Waals surface area contributed by atoms with Crippen molar-refractivity contribution in [3.8, 4) is 0 Å². The van der Waals surface area contributed by atoms with Gasteiger partial charge in [0.25, 0.3) is 0 Å². The Balaban J connectivity index is 1.94. The second-order valence-corrected chi connectivity index (χ2v) is 4.95. The molecule has 1 aromatic rings. The molecule has 0 heterocycles. The van der Waals surface area contributed by atoms with Crippen LogP contribution in [0.3, 0.4) is 0 Å². The van der Waals surface area contributed by atoms with Gasteiger partial charge in [-0.05, 0) is 37.0 Å². The van der Waals surface area contributed by atoms with Gasteiger partial charge in [0, 0.05) is 11.3 Å². The molecule has 3 heteroatoms. The molecular formula is C14H20FNO. The molecule has 2 N–H and O–H groups in total. The first-order valence-corrected chi connectivity index (χ1v) is 6.32. The predicted molar refractivity (Wildman–Crippen MR) is 67.0 cm³/mol. The van der Waals surface area contributed by atoms with E-state index >= 15 is 0 Å². The first-order valence-electron chi connectivity index (χ1n) is 6.32. The fourth-order valence-electron chi connectivity index (χ4n) is 2.43. The Morgan fingerprint density at radius 1 is 1.35 bits per heavy atom. The van der Waals surface area contributed by atoms with Gasteiger partial charge in [0.15, 0.2) is 0 Å². The number of anilines is 1. The van der Waals surface area contributed by atoms with Crippen LogP contribution < -0.4 is 5.73 Å². The van der Waals surface area contributed by atoms with Crippen molar-refractivity contribution in [1.29, 1.82) is 0 Å². The van der Waals surface area contributed by atoms with Crippen LogP contribution in [0.5, 0.6) is 0 Å². The Bertz CT molecular complexity index is 380. The van der Waals surface area contributed by atoms with Crippen LogP contribution in [0.15, 0.2) is 18.2 Å². The maximum Gasteiger partial charge on any atom is 0.123 e. The SMILES string of the molecule is CC1CCCCC1OCc1cc(F)ccc1N. The highest BCUT2D eigenvalue weighted by Gasteiger charge is 2.21. The molecule has 0 aromatic heterocycles. The van der Waals surface area contributed by atoms with E-state index in [1.54, 1.807) is 6.07 Å². The molecule has 0 bridgehead atoms. The minimum atomic E-state index is -0.255. The summed E-state index contributed by atoms with van der Waals surface area (Å²) < 4.78 is 18.9. The molecule has 1 fully saturated rings. The van der Waals surface area contributed by atoms with Gasteiger partial charge in [-0.3, -0.25) is 0 Å². The molecule has 0 saturated heterocycles. The maximum absolute atomic E-state index is 13.1. The van der Waals surface area contributed by atoms with E-state index < -0.39 is 0 Å². The summed E-state index contributed by atoms with van der Waals surface area (Å²) in [6, 6.07) is 4.43. The third-order valence-corrected chi connectivity index (χ3v) is 3.59. The first-order chi connectivity index (χ1) is 8.16. The molecule has 0 aliphatic heterocycles. The summed E-state index contributed by atoms with van der Waals surface area (Å²) in [6.07, 6.45) is 5.16. The van der Waals surface area contributed by atoms with Crippen LogP contribution in [0.1, 0.15) is 38.2 Å². The molecule has 2 unspecified atom stereocenters. The zero-order valence-electron chi connectivity index (χ0n) is 10.3. The van der Waals surface area contributed by atoms with Crippen LogP contribution in [0.4, 0.5) is 10.1 Å². The molecule has 1 saturated carbocycles. The molecule has 2 rings (SSSR count). The average Bonchev–Trinajstić information content (AvgIpc) is 2.32. The van der Waals surface area contributed by atoms with Crippen molar-refractivity contribution in [2.45, 2.75) is 45.3 Å². The standard InChI is InChI=1S/C14H20FNO/c1-10-4-2-3-5-14(10)17-9-11-8-12(15)6-7-13(11)16/h6-8,10,14H,2-5,9,16H2,1H3. The van der Waals surface area contributed by atoms with E-state index in [-0.39, 0.29) is 5.82 Å². The Hall–Kier alpha value is -1.09. The van der Waals surface area contributed by atoms with Crippen LogP contribution in [0.25, 0.3) is 0 Å². The van der Waals surface area contributed by atoms with Crippen LogP contribution >= 0.6 is 0 Å². The highest BCUT2D eigenvalue weighted by Crippen LogP contribution is 2.27. The van der Waals surface area contributed by atoms with Crippen molar-refractivity contribution in [1.82, 2.24) is 0 Å². The van der Waals surface area contributed by atoms with Gasteiger partial charge in [-0.25, -0.2) is 4.39 Å². The summed E-state index contributed by atoms with van der Waals surface area (Å²) in [5, 5.41) is 0. The van der Waals surface area contributed by atoms with Gasteiger partial charge >= 0.3 is 0 Å². The molecule has 1 aromatic carbocycles. The molecule has 0 spiro atoms. The molecular weight excluding hydrogens is 217 g/mol. The Labute approximate surface area is 102 Å². The van der Waals surface area contributed by atoms with Crippen LogP contribution in [0, 0.1) is 11.7 Å². The van der Waals surface area contributed by atoms with Gasteiger partial charge in [-0.1, -0.05) is 19.8 Å². The molecule has 1 aliphatic rings. The summed E-state index contributed by atoms with van der Waals surface area (Å²) in [6.45, 7) is 2.64. The zero-order chi connectivity index (χ0) is 12.3. The molecule has 0 radical (unpaired) electrons. The average molecular weight is 237 g/mol. The number of benzene rings is 1. The third kappa shape index (κ3) is 3.19. The van der Waals surface area contributed by atoms with E-state index in [2.05, 4.69) is 6.92 Å². The van der Waals surface area contributed by atoms with Crippen molar-refractivity contribution >= 4 is 5.69 Å². The molecule has 0 amide bonds. The predicted octanol–water partition coefficient (Wildman–Crippen LogP) is 3.50. The van der Waals surface area contributed by atoms with Crippen molar-refractivity contribution in [2.75, 3.05) is 5.73 Å². The summed E-state index contributed by atoms with van der Waals surface area (Å²) in [5.74, 6) is 0.341. The number of nitrogen functional groups attached to an aromatic ring is 1. The maximum atomic E-state index is 13.1. The van der Waals surface area contributed by atoms with E-state index in [1.807, 2.05) is 0 Å². The number of nitrogens with two attached hydrogens (primary N) is 1. The number of hydrogen-bond donors (Lipinski definition) is 1. The summed E-state index contributed by atoms with van der Waals surface area (Å²) in [7, 11) is 0. The van der Waals surface area contributed by atoms with Crippen LogP contribution in [0.2, 0.25) is 0 Å². The first kappa shape index (κ1) is 12.4. The van der Waals surface area contributed by atoms with Crippen molar-refractivity contribution in [3.05, 3.63) is 29.6 Å². The molecule has 1 aliphatic carbocycles. The monoisotopic (exact) mass is 237 g/mol. The number of ether oxygens (including phenoxy) is 1. The van der Waals surface area contributed by atoms with Crippen molar-refractivity contribution in [2.24, 2.45) is 5.92 Å². The van der Waals surface area contributed by atoms with Gasteiger partial charge < -0.3 is 10.5 Å². The fourth-order valence-corrected chi connectivity index (χ4v) is 2.43. The lowest BCUT2D eigenvalue weighted by Gasteiger charge is -2.28. The lowest BCUT2D eigenvalue weighted by Crippen LogP contribution is -2.25. The summed E-state index contributed by atoms with van der Waals surface area (Å²) >= 11 is 0. The lowest BCUT2D eigenvalue weighted by atomic mass is 9.88. The highest BCUT2D eigenvalue weighted by molar-refractivity contribution is 5.46. The van der Waals surface area contributed by atoms with Crippen molar-refractivity contribution < 1.29 is 9.13 Å². The molecule has 17 heavy (non-hydrogen) atoms. The second kappa shape index (κ2) is 5.50. The summed E-state index contributed by atoms with van der Waals surface area (Å²) in [5.41, 5.74) is 7.15. The lowest BCUT2D eigenvalue weighted by molar-refractivity contribution is -0.0153. The van der Waals surface area contributed by atoms with E-state index in [4.69, 9.17) is 10.5 Å². The fraction of sp³-hybridized carbons (Fsp3) is 0.571.